The Morgan fingerprint density at radius 3 is 2.17 bits per heavy atom. The molecule has 0 unspecified atom stereocenters. The highest BCUT2D eigenvalue weighted by atomic mass is 19.4. The van der Waals surface area contributed by atoms with E-state index in [1.165, 1.54) is 41.7 Å². The molecular weight excluding hydrogens is 531 g/mol. The maximum Gasteiger partial charge on any atom is 0.433 e. The first-order valence-corrected chi connectivity index (χ1v) is 12.7. The molecule has 2 aromatic rings. The van der Waals surface area contributed by atoms with Gasteiger partial charge in [0.15, 0.2) is 0 Å². The molecular formula is C28H36F3N3O6. The predicted octanol–water partition coefficient (Wildman–Crippen LogP) is 5.80. The van der Waals surface area contributed by atoms with Gasteiger partial charge in [0, 0.05) is 31.4 Å². The quantitative estimate of drug-likeness (QED) is 0.422. The lowest BCUT2D eigenvalue weighted by molar-refractivity contribution is -0.202. The highest BCUT2D eigenvalue weighted by Crippen LogP contribution is 2.44. The molecule has 0 bridgehead atoms. The number of aromatic nitrogens is 2. The number of amides is 1. The highest BCUT2D eigenvalue weighted by molar-refractivity contribution is 6.17. The molecule has 2 heterocycles. The molecule has 1 aromatic carbocycles. The summed E-state index contributed by atoms with van der Waals surface area (Å²) >= 11 is 0. The van der Waals surface area contributed by atoms with Gasteiger partial charge in [-0.15, -0.1) is 0 Å². The molecule has 9 nitrogen and oxygen atoms in total. The summed E-state index contributed by atoms with van der Waals surface area (Å²) in [6, 6.07) is 6.51. The van der Waals surface area contributed by atoms with Crippen molar-refractivity contribution < 1.29 is 41.7 Å². The Labute approximate surface area is 231 Å². The van der Waals surface area contributed by atoms with Gasteiger partial charge in [-0.3, -0.25) is 4.68 Å². The van der Waals surface area contributed by atoms with E-state index in [0.29, 0.717) is 11.3 Å². The molecule has 0 saturated carbocycles. The van der Waals surface area contributed by atoms with Crippen LogP contribution < -0.4 is 10.1 Å². The van der Waals surface area contributed by atoms with Crippen molar-refractivity contribution in [3.63, 3.8) is 0 Å². The van der Waals surface area contributed by atoms with Crippen LogP contribution in [0.4, 0.5) is 18.0 Å². The topological polar surface area (TPSA) is 101 Å². The molecule has 40 heavy (non-hydrogen) atoms. The summed E-state index contributed by atoms with van der Waals surface area (Å²) in [6.07, 6.45) is -5.66. The van der Waals surface area contributed by atoms with Crippen molar-refractivity contribution in [1.82, 2.24) is 15.1 Å². The molecule has 0 saturated heterocycles. The maximum atomic E-state index is 14.8. The second kappa shape index (κ2) is 10.7. The van der Waals surface area contributed by atoms with E-state index in [4.69, 9.17) is 18.9 Å². The molecule has 1 N–H and O–H groups in total. The van der Waals surface area contributed by atoms with Crippen molar-refractivity contribution in [2.24, 2.45) is 0 Å². The Bertz CT molecular complexity index is 1300. The number of halogens is 3. The number of cyclic esters (lactones) is 1. The normalized spacial score (nSPS) is 15.8. The van der Waals surface area contributed by atoms with Gasteiger partial charge >= 0.3 is 18.2 Å². The molecule has 0 spiro atoms. The number of nitrogens with one attached hydrogen (secondary N) is 1. The van der Waals surface area contributed by atoms with Crippen LogP contribution in [0.25, 0.3) is 5.57 Å². The number of alkyl halides is 3. The van der Waals surface area contributed by atoms with Crippen LogP contribution in [0.15, 0.2) is 30.0 Å². The largest absolute Gasteiger partial charge is 0.497 e. The lowest BCUT2D eigenvalue weighted by atomic mass is 9.80. The lowest BCUT2D eigenvalue weighted by Gasteiger charge is -2.33. The molecule has 1 aliphatic heterocycles. The number of methoxy groups -OCH3 is 1. The average Bonchev–Trinajstić information content (AvgIpc) is 3.16. The number of allylic oxidation sites excluding steroid dienone is 1. The second-order valence-corrected chi connectivity index (χ2v) is 11.6. The number of ether oxygens (including phenoxy) is 4. The van der Waals surface area contributed by atoms with Gasteiger partial charge in [0.25, 0.3) is 0 Å². The maximum absolute atomic E-state index is 14.8. The lowest BCUT2D eigenvalue weighted by Crippen LogP contribution is -2.41. The van der Waals surface area contributed by atoms with Gasteiger partial charge in [-0.1, -0.05) is 26.0 Å². The van der Waals surface area contributed by atoms with Gasteiger partial charge in [0.1, 0.15) is 34.1 Å². The fourth-order valence-electron chi connectivity index (χ4n) is 4.40. The van der Waals surface area contributed by atoms with Gasteiger partial charge in [0.05, 0.1) is 13.7 Å². The molecule has 0 aliphatic carbocycles. The molecule has 0 radical (unpaired) electrons. The summed E-state index contributed by atoms with van der Waals surface area (Å²) in [7, 11) is 1.49. The average molecular weight is 568 g/mol. The summed E-state index contributed by atoms with van der Waals surface area (Å²) in [4.78, 5) is 25.5. The van der Waals surface area contributed by atoms with Crippen molar-refractivity contribution in [2.45, 2.75) is 84.9 Å². The highest BCUT2D eigenvalue weighted by Gasteiger charge is 2.47. The van der Waals surface area contributed by atoms with Crippen molar-refractivity contribution in [3.05, 3.63) is 52.5 Å². The zero-order chi connectivity index (χ0) is 30.3. The van der Waals surface area contributed by atoms with Gasteiger partial charge in [-0.2, -0.15) is 18.3 Å². The van der Waals surface area contributed by atoms with E-state index in [1.807, 2.05) is 0 Å². The fourth-order valence-corrected chi connectivity index (χ4v) is 4.40. The van der Waals surface area contributed by atoms with Crippen LogP contribution in [0.3, 0.4) is 0 Å². The number of carbonyl (C=O) groups is 2. The number of benzene rings is 1. The van der Waals surface area contributed by atoms with Gasteiger partial charge in [-0.05, 0) is 45.4 Å². The van der Waals surface area contributed by atoms with E-state index in [0.717, 1.165) is 4.68 Å². The van der Waals surface area contributed by atoms with Crippen LogP contribution in [0, 0.1) is 0 Å². The standard InChI is InChI=1S/C28H36F3N3O6/c1-16-19(23(35)39-27(7,8)38-16)21-20(26(5,6)15-32-24(36)40-25(2,3)4)22(28(29,30)31)34(33-21)14-17-10-12-18(37-9)13-11-17/h10-13H,14-15H2,1-9H3,(H,32,36). The van der Waals surface area contributed by atoms with E-state index >= 15 is 0 Å². The zero-order valence-corrected chi connectivity index (χ0v) is 24.2. The number of hydrogen-bond acceptors (Lipinski definition) is 7. The Hall–Kier alpha value is -3.70. The van der Waals surface area contributed by atoms with E-state index in [2.05, 4.69) is 10.4 Å². The zero-order valence-electron chi connectivity index (χ0n) is 24.2. The second-order valence-electron chi connectivity index (χ2n) is 11.6. The van der Waals surface area contributed by atoms with E-state index in [-0.39, 0.29) is 35.7 Å². The molecule has 1 amide bonds. The number of esters is 1. The first kappa shape index (κ1) is 30.8. The minimum atomic E-state index is -4.87. The molecule has 0 fully saturated rings. The van der Waals surface area contributed by atoms with Crippen molar-refractivity contribution in [2.75, 3.05) is 13.7 Å². The van der Waals surface area contributed by atoms with Gasteiger partial charge < -0.3 is 24.3 Å². The van der Waals surface area contributed by atoms with Crippen molar-refractivity contribution >= 4 is 17.6 Å². The monoisotopic (exact) mass is 567 g/mol. The molecule has 3 rings (SSSR count). The number of carbonyl (C=O) groups excluding carboxylic acids is 2. The Balaban J connectivity index is 2.21. The fraction of sp³-hybridized carbons (Fsp3) is 0.536. The summed E-state index contributed by atoms with van der Waals surface area (Å²) in [5, 5.41) is 6.87. The number of hydrogen-bond donors (Lipinski definition) is 1. The van der Waals surface area contributed by atoms with Crippen LogP contribution in [-0.2, 0) is 37.1 Å². The Morgan fingerprint density at radius 2 is 1.68 bits per heavy atom. The van der Waals surface area contributed by atoms with Crippen LogP contribution >= 0.6 is 0 Å². The first-order valence-electron chi connectivity index (χ1n) is 12.7. The summed E-state index contributed by atoms with van der Waals surface area (Å²) in [5.41, 5.74) is -3.49. The van der Waals surface area contributed by atoms with Gasteiger partial charge in [0.2, 0.25) is 5.79 Å². The smallest absolute Gasteiger partial charge is 0.433 e. The SMILES string of the molecule is COc1ccc(Cn2nc(C3=C(C)OC(C)(C)OC3=O)c(C(C)(C)CNC(=O)OC(C)(C)C)c2C(F)(F)F)cc1. The number of nitrogens with zero attached hydrogens (tertiary/aromatic N) is 2. The van der Waals surface area contributed by atoms with Crippen LogP contribution in [0.5, 0.6) is 5.75 Å². The molecule has 1 aliphatic rings. The van der Waals surface area contributed by atoms with Crippen molar-refractivity contribution in [3.8, 4) is 5.75 Å². The summed E-state index contributed by atoms with van der Waals surface area (Å²) < 4.78 is 66.8. The van der Waals surface area contributed by atoms with Crippen LogP contribution in [0.1, 0.15) is 77.9 Å². The third kappa shape index (κ3) is 7.08. The Kier molecular flexibility index (Phi) is 8.25. The number of alkyl carbamates (subject to hydrolysis) is 1. The summed E-state index contributed by atoms with van der Waals surface area (Å²) in [5.74, 6) is -1.56. The molecule has 1 aromatic heterocycles. The third-order valence-electron chi connectivity index (χ3n) is 5.99. The molecule has 0 atom stereocenters. The van der Waals surface area contributed by atoms with E-state index < -0.39 is 40.7 Å². The predicted molar refractivity (Wildman–Crippen MR) is 140 cm³/mol. The number of rotatable bonds is 7. The molecule has 12 heteroatoms. The minimum Gasteiger partial charge on any atom is -0.497 e. The minimum absolute atomic E-state index is 0.0706. The van der Waals surface area contributed by atoms with E-state index in [1.54, 1.807) is 45.0 Å². The van der Waals surface area contributed by atoms with E-state index in [9.17, 15) is 22.8 Å². The van der Waals surface area contributed by atoms with Crippen LogP contribution in [0.2, 0.25) is 0 Å². The van der Waals surface area contributed by atoms with Gasteiger partial charge in [-0.25, -0.2) is 9.59 Å². The summed E-state index contributed by atoms with van der Waals surface area (Å²) in [6.45, 7) is 12.1. The first-order chi connectivity index (χ1) is 18.2. The third-order valence-corrected chi connectivity index (χ3v) is 5.99. The molecule has 220 valence electrons. The van der Waals surface area contributed by atoms with Crippen LogP contribution in [-0.4, -0.2) is 46.9 Å². The van der Waals surface area contributed by atoms with Crippen molar-refractivity contribution in [1.29, 1.82) is 0 Å². The Morgan fingerprint density at radius 1 is 1.07 bits per heavy atom.